The second kappa shape index (κ2) is 7.39. The number of carbonyl (C=O) groups excluding carboxylic acids is 1. The summed E-state index contributed by atoms with van der Waals surface area (Å²) in [6.45, 7) is 8.71. The third-order valence-corrected chi connectivity index (χ3v) is 3.83. The summed E-state index contributed by atoms with van der Waals surface area (Å²) in [6.07, 6.45) is 0. The molecule has 2 aromatic rings. The van der Waals surface area contributed by atoms with Gasteiger partial charge in [-0.1, -0.05) is 39.0 Å². The lowest BCUT2D eigenvalue weighted by Gasteiger charge is -2.19. The molecule has 0 saturated carbocycles. The third kappa shape index (κ3) is 4.75. The highest BCUT2D eigenvalue weighted by Gasteiger charge is 2.13. The lowest BCUT2D eigenvalue weighted by molar-refractivity contribution is -0.114. The standard InChI is InChI=1S/C20H26N2O2/c1-14-6-11-18(24-5)17(12-14)22-19(23)13-21-16-9-7-15(8-10-16)20(2,3)4/h6-12,21H,13H2,1-5H3,(H,22,23). The van der Waals surface area contributed by atoms with Crippen LogP contribution in [0.1, 0.15) is 31.9 Å². The van der Waals surface area contributed by atoms with E-state index in [9.17, 15) is 4.79 Å². The van der Waals surface area contributed by atoms with Gasteiger partial charge in [0.15, 0.2) is 0 Å². The first-order valence-electron chi connectivity index (χ1n) is 8.08. The molecule has 4 nitrogen and oxygen atoms in total. The number of rotatable bonds is 5. The van der Waals surface area contributed by atoms with Gasteiger partial charge in [0.1, 0.15) is 5.75 Å². The molecule has 4 heteroatoms. The van der Waals surface area contributed by atoms with Crippen LogP contribution in [0.3, 0.4) is 0 Å². The number of ether oxygens (including phenoxy) is 1. The summed E-state index contributed by atoms with van der Waals surface area (Å²) >= 11 is 0. The Morgan fingerprint density at radius 2 is 1.75 bits per heavy atom. The summed E-state index contributed by atoms with van der Waals surface area (Å²) in [6, 6.07) is 13.9. The summed E-state index contributed by atoms with van der Waals surface area (Å²) in [5.41, 5.74) is 4.07. The largest absolute Gasteiger partial charge is 0.495 e. The average Bonchev–Trinajstić information content (AvgIpc) is 2.53. The van der Waals surface area contributed by atoms with Gasteiger partial charge < -0.3 is 15.4 Å². The number of methoxy groups -OCH3 is 1. The van der Waals surface area contributed by atoms with Crippen LogP contribution in [0, 0.1) is 6.92 Å². The molecule has 0 spiro atoms. The van der Waals surface area contributed by atoms with Crippen molar-refractivity contribution in [3.8, 4) is 5.75 Å². The monoisotopic (exact) mass is 326 g/mol. The second-order valence-electron chi connectivity index (χ2n) is 6.93. The van der Waals surface area contributed by atoms with Crippen molar-refractivity contribution in [2.45, 2.75) is 33.1 Å². The molecule has 0 atom stereocenters. The zero-order valence-corrected chi connectivity index (χ0v) is 15.1. The summed E-state index contributed by atoms with van der Waals surface area (Å²) in [4.78, 5) is 12.2. The van der Waals surface area contributed by atoms with Crippen molar-refractivity contribution >= 4 is 17.3 Å². The van der Waals surface area contributed by atoms with E-state index in [4.69, 9.17) is 4.74 Å². The van der Waals surface area contributed by atoms with Crippen LogP contribution < -0.4 is 15.4 Å². The molecule has 0 fully saturated rings. The van der Waals surface area contributed by atoms with Gasteiger partial charge in [0, 0.05) is 5.69 Å². The van der Waals surface area contributed by atoms with Crippen LogP contribution in [0.5, 0.6) is 5.75 Å². The van der Waals surface area contributed by atoms with Gasteiger partial charge in [-0.3, -0.25) is 4.79 Å². The highest BCUT2D eigenvalue weighted by molar-refractivity contribution is 5.95. The Balaban J connectivity index is 1.95. The maximum atomic E-state index is 12.2. The number of hydrogen-bond donors (Lipinski definition) is 2. The maximum Gasteiger partial charge on any atom is 0.243 e. The van der Waals surface area contributed by atoms with Gasteiger partial charge in [0.05, 0.1) is 19.3 Å². The number of anilines is 2. The Labute approximate surface area is 144 Å². The summed E-state index contributed by atoms with van der Waals surface area (Å²) < 4.78 is 5.27. The van der Waals surface area contributed by atoms with E-state index >= 15 is 0 Å². The normalized spacial score (nSPS) is 11.0. The zero-order valence-electron chi connectivity index (χ0n) is 15.1. The van der Waals surface area contributed by atoms with E-state index in [1.807, 2.05) is 37.3 Å². The molecule has 1 amide bonds. The Hall–Kier alpha value is -2.49. The fourth-order valence-corrected chi connectivity index (χ4v) is 2.38. The molecule has 0 radical (unpaired) electrons. The van der Waals surface area contributed by atoms with Crippen molar-refractivity contribution in [2.75, 3.05) is 24.3 Å². The Bertz CT molecular complexity index is 701. The van der Waals surface area contributed by atoms with Crippen molar-refractivity contribution < 1.29 is 9.53 Å². The SMILES string of the molecule is COc1ccc(C)cc1NC(=O)CNc1ccc(C(C)(C)C)cc1. The number of benzene rings is 2. The van der Waals surface area contributed by atoms with Gasteiger partial charge in [-0.25, -0.2) is 0 Å². The van der Waals surface area contributed by atoms with Crippen molar-refractivity contribution in [1.82, 2.24) is 0 Å². The van der Waals surface area contributed by atoms with Crippen LogP contribution in [0.4, 0.5) is 11.4 Å². The zero-order chi connectivity index (χ0) is 17.7. The number of carbonyl (C=O) groups is 1. The minimum absolute atomic E-state index is 0.112. The van der Waals surface area contributed by atoms with E-state index < -0.39 is 0 Å². The molecule has 0 saturated heterocycles. The van der Waals surface area contributed by atoms with Gasteiger partial charge in [0.25, 0.3) is 0 Å². The van der Waals surface area contributed by atoms with Gasteiger partial charge in [-0.15, -0.1) is 0 Å². The van der Waals surface area contributed by atoms with Crippen LogP contribution in [0.15, 0.2) is 42.5 Å². The molecule has 0 heterocycles. The minimum Gasteiger partial charge on any atom is -0.495 e. The number of aryl methyl sites for hydroxylation is 1. The number of nitrogens with one attached hydrogen (secondary N) is 2. The minimum atomic E-state index is -0.112. The van der Waals surface area contributed by atoms with E-state index in [2.05, 4.69) is 43.5 Å². The summed E-state index contributed by atoms with van der Waals surface area (Å²) in [7, 11) is 1.59. The molecule has 2 rings (SSSR count). The lowest BCUT2D eigenvalue weighted by Crippen LogP contribution is -2.22. The highest BCUT2D eigenvalue weighted by Crippen LogP contribution is 2.25. The molecule has 0 aliphatic heterocycles. The van der Waals surface area contributed by atoms with Crippen molar-refractivity contribution in [2.24, 2.45) is 0 Å². The van der Waals surface area contributed by atoms with Gasteiger partial charge in [-0.05, 0) is 47.7 Å². The molecular weight excluding hydrogens is 300 g/mol. The van der Waals surface area contributed by atoms with Gasteiger partial charge in [-0.2, -0.15) is 0 Å². The van der Waals surface area contributed by atoms with E-state index in [1.54, 1.807) is 7.11 Å². The molecule has 0 aromatic heterocycles. The number of amides is 1. The molecule has 24 heavy (non-hydrogen) atoms. The molecule has 0 aliphatic carbocycles. The first-order chi connectivity index (χ1) is 11.3. The fourth-order valence-electron chi connectivity index (χ4n) is 2.38. The van der Waals surface area contributed by atoms with E-state index in [1.165, 1.54) is 5.56 Å². The molecule has 2 aromatic carbocycles. The number of hydrogen-bond acceptors (Lipinski definition) is 3. The van der Waals surface area contributed by atoms with Crippen molar-refractivity contribution in [1.29, 1.82) is 0 Å². The maximum absolute atomic E-state index is 12.2. The molecule has 0 aliphatic rings. The highest BCUT2D eigenvalue weighted by atomic mass is 16.5. The quantitative estimate of drug-likeness (QED) is 0.859. The predicted octanol–water partition coefficient (Wildman–Crippen LogP) is 4.35. The summed E-state index contributed by atoms with van der Waals surface area (Å²) in [5.74, 6) is 0.544. The fraction of sp³-hybridized carbons (Fsp3) is 0.350. The predicted molar refractivity (Wildman–Crippen MR) is 100.0 cm³/mol. The molecule has 128 valence electrons. The van der Waals surface area contributed by atoms with E-state index in [0.717, 1.165) is 11.3 Å². The molecular formula is C20H26N2O2. The van der Waals surface area contributed by atoms with Crippen molar-refractivity contribution in [3.63, 3.8) is 0 Å². The van der Waals surface area contributed by atoms with Crippen LogP contribution in [-0.4, -0.2) is 19.6 Å². The van der Waals surface area contributed by atoms with Crippen molar-refractivity contribution in [3.05, 3.63) is 53.6 Å². The Kier molecular flexibility index (Phi) is 5.50. The lowest BCUT2D eigenvalue weighted by atomic mass is 9.87. The van der Waals surface area contributed by atoms with Crippen LogP contribution >= 0.6 is 0 Å². The first kappa shape index (κ1) is 17.9. The molecule has 0 unspecified atom stereocenters. The van der Waals surface area contributed by atoms with Crippen LogP contribution in [-0.2, 0) is 10.2 Å². The molecule has 0 bridgehead atoms. The Morgan fingerprint density at radius 1 is 1.08 bits per heavy atom. The average molecular weight is 326 g/mol. The van der Waals surface area contributed by atoms with Crippen LogP contribution in [0.25, 0.3) is 0 Å². The van der Waals surface area contributed by atoms with E-state index in [0.29, 0.717) is 11.4 Å². The third-order valence-electron chi connectivity index (χ3n) is 3.83. The molecule has 2 N–H and O–H groups in total. The topological polar surface area (TPSA) is 50.4 Å². The smallest absolute Gasteiger partial charge is 0.243 e. The van der Waals surface area contributed by atoms with Gasteiger partial charge >= 0.3 is 0 Å². The van der Waals surface area contributed by atoms with E-state index in [-0.39, 0.29) is 17.9 Å². The Morgan fingerprint density at radius 3 is 2.33 bits per heavy atom. The summed E-state index contributed by atoms with van der Waals surface area (Å²) in [5, 5.41) is 6.02. The van der Waals surface area contributed by atoms with Crippen LogP contribution in [0.2, 0.25) is 0 Å². The second-order valence-corrected chi connectivity index (χ2v) is 6.93. The van der Waals surface area contributed by atoms with Gasteiger partial charge in [0.2, 0.25) is 5.91 Å². The first-order valence-corrected chi connectivity index (χ1v) is 8.08.